The minimum absolute atomic E-state index is 0. The predicted molar refractivity (Wildman–Crippen MR) is 110 cm³/mol. The molecule has 2 rings (SSSR count). The predicted octanol–water partition coefficient (Wildman–Crippen LogP) is 4.98. The first kappa shape index (κ1) is 26.0. The van der Waals surface area contributed by atoms with E-state index >= 15 is 0 Å². The van der Waals surface area contributed by atoms with Gasteiger partial charge in [0, 0.05) is 48.9 Å². The number of benzene rings is 2. The zero-order valence-electron chi connectivity index (χ0n) is 17.0. The van der Waals surface area contributed by atoms with E-state index in [0.717, 1.165) is 11.1 Å². The van der Waals surface area contributed by atoms with E-state index in [1.165, 1.54) is 0 Å². The standard InChI is InChI=1S/2C11H14O2.Ba/c2*1-11(2,3)9-6-4-8(5-7-9)10(12)13;/h2*4-7H,1-3H3,(H,12,13);. The Balaban J connectivity index is 0.000000483. The van der Waals surface area contributed by atoms with E-state index in [0.29, 0.717) is 11.1 Å². The summed E-state index contributed by atoms with van der Waals surface area (Å²) in [7, 11) is 0. The van der Waals surface area contributed by atoms with Crippen molar-refractivity contribution in [2.75, 3.05) is 0 Å². The molecule has 0 aliphatic carbocycles. The number of carbonyl (C=O) groups is 2. The molecular formula is C22H28BaO4. The van der Waals surface area contributed by atoms with Crippen LogP contribution < -0.4 is 0 Å². The molecule has 0 bridgehead atoms. The maximum absolute atomic E-state index is 10.6. The minimum Gasteiger partial charge on any atom is -0.478 e. The third-order valence-electron chi connectivity index (χ3n) is 4.00. The third-order valence-corrected chi connectivity index (χ3v) is 4.00. The number of carboxylic acid groups (broad SMARTS) is 2. The first-order chi connectivity index (χ1) is 11.8. The van der Waals surface area contributed by atoms with Gasteiger partial charge in [0.25, 0.3) is 0 Å². The van der Waals surface area contributed by atoms with Gasteiger partial charge in [-0.3, -0.25) is 0 Å². The van der Waals surface area contributed by atoms with Crippen molar-refractivity contribution in [3.63, 3.8) is 0 Å². The molecule has 2 radical (unpaired) electrons. The van der Waals surface area contributed by atoms with Gasteiger partial charge in [0.1, 0.15) is 0 Å². The largest absolute Gasteiger partial charge is 0.478 e. The van der Waals surface area contributed by atoms with Crippen molar-refractivity contribution in [2.45, 2.75) is 52.4 Å². The van der Waals surface area contributed by atoms with Gasteiger partial charge in [-0.1, -0.05) is 65.8 Å². The van der Waals surface area contributed by atoms with Gasteiger partial charge in [-0.25, -0.2) is 9.59 Å². The first-order valence-corrected chi connectivity index (χ1v) is 8.50. The van der Waals surface area contributed by atoms with Crippen molar-refractivity contribution in [1.29, 1.82) is 0 Å². The van der Waals surface area contributed by atoms with Gasteiger partial charge in [0.05, 0.1) is 11.1 Å². The van der Waals surface area contributed by atoms with E-state index in [2.05, 4.69) is 41.5 Å². The molecule has 0 aliphatic rings. The Labute approximate surface area is 202 Å². The Hall–Kier alpha value is -1.05. The molecule has 5 heteroatoms. The summed E-state index contributed by atoms with van der Waals surface area (Å²) in [4.78, 5) is 21.1. The number of rotatable bonds is 2. The monoisotopic (exact) mass is 494 g/mol. The summed E-state index contributed by atoms with van der Waals surface area (Å²) in [5, 5.41) is 17.4. The Bertz CT molecular complexity index is 681. The average Bonchev–Trinajstić information content (AvgIpc) is 2.54. The Morgan fingerprint density at radius 1 is 0.593 bits per heavy atom. The molecule has 0 fully saturated rings. The molecule has 0 heterocycles. The number of hydrogen-bond donors (Lipinski definition) is 2. The molecular weight excluding hydrogens is 466 g/mol. The van der Waals surface area contributed by atoms with Gasteiger partial charge in [-0.05, 0) is 46.2 Å². The van der Waals surface area contributed by atoms with E-state index in [4.69, 9.17) is 10.2 Å². The summed E-state index contributed by atoms with van der Waals surface area (Å²) in [5.41, 5.74) is 3.14. The SMILES string of the molecule is CC(C)(C)c1ccc(C(=O)O)cc1.CC(C)(C)c1ccc(C(=O)O)cc1.[Ba]. The fourth-order valence-corrected chi connectivity index (χ4v) is 2.23. The van der Waals surface area contributed by atoms with Crippen molar-refractivity contribution in [1.82, 2.24) is 0 Å². The summed E-state index contributed by atoms with van der Waals surface area (Å²) >= 11 is 0. The molecule has 0 aromatic heterocycles. The van der Waals surface area contributed by atoms with Crippen LogP contribution in [0.1, 0.15) is 73.4 Å². The molecule has 0 unspecified atom stereocenters. The van der Waals surface area contributed by atoms with Crippen LogP contribution in [0.2, 0.25) is 0 Å². The summed E-state index contributed by atoms with van der Waals surface area (Å²) in [6, 6.07) is 14.0. The summed E-state index contributed by atoms with van der Waals surface area (Å²) in [5.74, 6) is -1.75. The first-order valence-electron chi connectivity index (χ1n) is 8.50. The number of carboxylic acids is 2. The molecule has 4 nitrogen and oxygen atoms in total. The Kier molecular flexibility index (Phi) is 10.1. The van der Waals surface area contributed by atoms with Crippen LogP contribution in [-0.2, 0) is 10.8 Å². The molecule has 0 saturated heterocycles. The molecule has 0 atom stereocenters. The van der Waals surface area contributed by atoms with Crippen LogP contribution in [0.15, 0.2) is 48.5 Å². The second kappa shape index (κ2) is 10.5. The molecule has 0 aliphatic heterocycles. The van der Waals surface area contributed by atoms with Crippen LogP contribution in [0, 0.1) is 0 Å². The second-order valence-corrected chi connectivity index (χ2v) is 8.27. The molecule has 142 valence electrons. The molecule has 27 heavy (non-hydrogen) atoms. The van der Waals surface area contributed by atoms with Crippen LogP contribution in [-0.4, -0.2) is 71.0 Å². The molecule has 2 N–H and O–H groups in total. The molecule has 0 saturated carbocycles. The third kappa shape index (κ3) is 8.66. The zero-order valence-corrected chi connectivity index (χ0v) is 21.5. The van der Waals surface area contributed by atoms with Gasteiger partial charge < -0.3 is 10.2 Å². The van der Waals surface area contributed by atoms with E-state index in [1.54, 1.807) is 24.3 Å². The fourth-order valence-electron chi connectivity index (χ4n) is 2.23. The van der Waals surface area contributed by atoms with Gasteiger partial charge >= 0.3 is 11.9 Å². The van der Waals surface area contributed by atoms with Gasteiger partial charge in [0.15, 0.2) is 0 Å². The summed E-state index contributed by atoms with van der Waals surface area (Å²) in [6.07, 6.45) is 0. The van der Waals surface area contributed by atoms with Crippen molar-refractivity contribution in [2.24, 2.45) is 0 Å². The van der Waals surface area contributed by atoms with Crippen LogP contribution >= 0.6 is 0 Å². The van der Waals surface area contributed by atoms with Crippen LogP contribution in [0.4, 0.5) is 0 Å². The van der Waals surface area contributed by atoms with Crippen LogP contribution in [0.5, 0.6) is 0 Å². The van der Waals surface area contributed by atoms with Crippen LogP contribution in [0.25, 0.3) is 0 Å². The second-order valence-electron chi connectivity index (χ2n) is 8.27. The van der Waals surface area contributed by atoms with Crippen molar-refractivity contribution in [3.05, 3.63) is 70.8 Å². The van der Waals surface area contributed by atoms with Crippen molar-refractivity contribution >= 4 is 60.8 Å². The van der Waals surface area contributed by atoms with Gasteiger partial charge in [-0.2, -0.15) is 0 Å². The van der Waals surface area contributed by atoms with E-state index < -0.39 is 11.9 Å². The van der Waals surface area contributed by atoms with Crippen LogP contribution in [0.3, 0.4) is 0 Å². The van der Waals surface area contributed by atoms with E-state index in [-0.39, 0.29) is 59.7 Å². The van der Waals surface area contributed by atoms with Crippen molar-refractivity contribution in [3.8, 4) is 0 Å². The fraction of sp³-hybridized carbons (Fsp3) is 0.364. The topological polar surface area (TPSA) is 74.6 Å². The van der Waals surface area contributed by atoms with Crippen molar-refractivity contribution < 1.29 is 19.8 Å². The number of hydrogen-bond acceptors (Lipinski definition) is 2. The normalized spacial score (nSPS) is 10.9. The average molecular weight is 494 g/mol. The molecule has 0 amide bonds. The van der Waals surface area contributed by atoms with Gasteiger partial charge in [0.2, 0.25) is 0 Å². The van der Waals surface area contributed by atoms with E-state index in [9.17, 15) is 9.59 Å². The van der Waals surface area contributed by atoms with E-state index in [1.807, 2.05) is 24.3 Å². The molecule has 2 aromatic carbocycles. The maximum Gasteiger partial charge on any atom is 0.335 e. The zero-order chi connectivity index (χ0) is 20.1. The Morgan fingerprint density at radius 3 is 0.963 bits per heavy atom. The minimum atomic E-state index is -0.875. The summed E-state index contributed by atoms with van der Waals surface area (Å²) in [6.45, 7) is 12.6. The smallest absolute Gasteiger partial charge is 0.335 e. The maximum atomic E-state index is 10.6. The molecule has 0 spiro atoms. The molecule has 2 aromatic rings. The quantitative estimate of drug-likeness (QED) is 0.579. The van der Waals surface area contributed by atoms with Gasteiger partial charge in [-0.15, -0.1) is 0 Å². The Morgan fingerprint density at radius 2 is 0.815 bits per heavy atom. The summed E-state index contributed by atoms with van der Waals surface area (Å²) < 4.78 is 0. The number of aromatic carboxylic acids is 2.